The predicted octanol–water partition coefficient (Wildman–Crippen LogP) is 3.17. The van der Waals surface area contributed by atoms with Gasteiger partial charge in [-0.1, -0.05) is 18.3 Å². The first-order valence-corrected chi connectivity index (χ1v) is 6.35. The molecule has 0 saturated carbocycles. The summed E-state index contributed by atoms with van der Waals surface area (Å²) in [5, 5.41) is 2.79. The van der Waals surface area contributed by atoms with Gasteiger partial charge in [0.2, 0.25) is 0 Å². The number of thiocarbonyl (C=S) groups is 1. The standard InChI is InChI=1S/C14H13F2N3S/c1-8(9-3-2-4-18-7-9)19-13-11(15)5-10(14(17)20)6-12(13)16/h2-8,19H,1H3,(H2,17,20). The summed E-state index contributed by atoms with van der Waals surface area (Å²) in [6.45, 7) is 1.79. The Hall–Kier alpha value is -2.08. The maximum Gasteiger partial charge on any atom is 0.150 e. The topological polar surface area (TPSA) is 50.9 Å². The van der Waals surface area contributed by atoms with Crippen molar-refractivity contribution in [2.45, 2.75) is 13.0 Å². The van der Waals surface area contributed by atoms with Crippen LogP contribution >= 0.6 is 12.2 Å². The summed E-state index contributed by atoms with van der Waals surface area (Å²) < 4.78 is 27.8. The van der Waals surface area contributed by atoms with E-state index in [9.17, 15) is 8.78 Å². The highest BCUT2D eigenvalue weighted by molar-refractivity contribution is 7.80. The van der Waals surface area contributed by atoms with Crippen molar-refractivity contribution in [3.63, 3.8) is 0 Å². The van der Waals surface area contributed by atoms with E-state index >= 15 is 0 Å². The van der Waals surface area contributed by atoms with Crippen molar-refractivity contribution in [1.29, 1.82) is 0 Å². The highest BCUT2D eigenvalue weighted by Crippen LogP contribution is 2.25. The second kappa shape index (κ2) is 5.92. The minimum Gasteiger partial charge on any atom is -0.389 e. The second-order valence-corrected chi connectivity index (χ2v) is 4.77. The number of nitrogens with zero attached hydrogens (tertiary/aromatic N) is 1. The molecular formula is C14H13F2N3S. The van der Waals surface area contributed by atoms with E-state index in [0.717, 1.165) is 17.7 Å². The molecule has 0 aliphatic carbocycles. The van der Waals surface area contributed by atoms with E-state index in [1.807, 2.05) is 6.07 Å². The second-order valence-electron chi connectivity index (χ2n) is 4.33. The van der Waals surface area contributed by atoms with Gasteiger partial charge in [0.05, 0.1) is 6.04 Å². The normalized spacial score (nSPS) is 11.9. The lowest BCUT2D eigenvalue weighted by molar-refractivity contribution is 0.584. The summed E-state index contributed by atoms with van der Waals surface area (Å²) in [5.74, 6) is -1.47. The van der Waals surface area contributed by atoms with Crippen molar-refractivity contribution in [2.24, 2.45) is 5.73 Å². The number of anilines is 1. The molecular weight excluding hydrogens is 280 g/mol. The molecule has 0 saturated heterocycles. The SMILES string of the molecule is CC(Nc1c(F)cc(C(N)=S)cc1F)c1cccnc1. The van der Waals surface area contributed by atoms with Gasteiger partial charge in [-0.25, -0.2) is 8.78 Å². The van der Waals surface area contributed by atoms with Crippen LogP contribution in [0.1, 0.15) is 24.1 Å². The molecule has 1 heterocycles. The van der Waals surface area contributed by atoms with Gasteiger partial charge in [0, 0.05) is 18.0 Å². The summed E-state index contributed by atoms with van der Waals surface area (Å²) >= 11 is 4.70. The third-order valence-corrected chi connectivity index (χ3v) is 3.11. The van der Waals surface area contributed by atoms with E-state index in [0.29, 0.717) is 0 Å². The highest BCUT2D eigenvalue weighted by Gasteiger charge is 2.15. The van der Waals surface area contributed by atoms with Crippen LogP contribution < -0.4 is 11.1 Å². The number of hydrogen-bond acceptors (Lipinski definition) is 3. The van der Waals surface area contributed by atoms with E-state index in [1.54, 1.807) is 25.4 Å². The van der Waals surface area contributed by atoms with Gasteiger partial charge in [0.1, 0.15) is 22.3 Å². The first-order chi connectivity index (χ1) is 9.49. The summed E-state index contributed by atoms with van der Waals surface area (Å²) in [7, 11) is 0. The Morgan fingerprint density at radius 1 is 1.35 bits per heavy atom. The maximum absolute atomic E-state index is 13.9. The first-order valence-electron chi connectivity index (χ1n) is 5.94. The van der Waals surface area contributed by atoms with Crippen LogP contribution in [0.4, 0.5) is 14.5 Å². The van der Waals surface area contributed by atoms with Crippen molar-refractivity contribution >= 4 is 22.9 Å². The number of benzene rings is 1. The van der Waals surface area contributed by atoms with Gasteiger partial charge in [0.15, 0.2) is 0 Å². The lowest BCUT2D eigenvalue weighted by Crippen LogP contribution is -2.13. The van der Waals surface area contributed by atoms with Gasteiger partial charge in [-0.3, -0.25) is 4.98 Å². The van der Waals surface area contributed by atoms with Crippen LogP contribution in [0.2, 0.25) is 0 Å². The van der Waals surface area contributed by atoms with E-state index in [1.165, 1.54) is 0 Å². The molecule has 3 N–H and O–H groups in total. The molecule has 1 aromatic carbocycles. The Balaban J connectivity index is 2.28. The molecule has 1 atom stereocenters. The van der Waals surface area contributed by atoms with Gasteiger partial charge in [-0.2, -0.15) is 0 Å². The van der Waals surface area contributed by atoms with Crippen molar-refractivity contribution in [2.75, 3.05) is 5.32 Å². The Labute approximate surface area is 120 Å². The molecule has 104 valence electrons. The van der Waals surface area contributed by atoms with Gasteiger partial charge >= 0.3 is 0 Å². The minimum absolute atomic E-state index is 0.0466. The van der Waals surface area contributed by atoms with Crippen LogP contribution in [0.5, 0.6) is 0 Å². The zero-order valence-electron chi connectivity index (χ0n) is 10.7. The van der Waals surface area contributed by atoms with Crippen molar-refractivity contribution < 1.29 is 8.78 Å². The molecule has 1 unspecified atom stereocenters. The third-order valence-electron chi connectivity index (χ3n) is 2.87. The zero-order valence-corrected chi connectivity index (χ0v) is 11.5. The summed E-state index contributed by atoms with van der Waals surface area (Å²) in [6, 6.07) is 5.52. The Morgan fingerprint density at radius 2 is 2.00 bits per heavy atom. The lowest BCUT2D eigenvalue weighted by atomic mass is 10.1. The minimum atomic E-state index is -0.733. The van der Waals surface area contributed by atoms with Gasteiger partial charge in [-0.05, 0) is 30.7 Å². The molecule has 3 nitrogen and oxygen atoms in total. The number of hydrogen-bond donors (Lipinski definition) is 2. The average Bonchev–Trinajstić information content (AvgIpc) is 2.43. The molecule has 0 spiro atoms. The lowest BCUT2D eigenvalue weighted by Gasteiger charge is -2.17. The van der Waals surface area contributed by atoms with Crippen LogP contribution in [0.25, 0.3) is 0 Å². The molecule has 0 fully saturated rings. The fourth-order valence-corrected chi connectivity index (χ4v) is 1.90. The Bertz CT molecular complexity index is 609. The Morgan fingerprint density at radius 3 is 2.50 bits per heavy atom. The number of nitrogens with one attached hydrogen (secondary N) is 1. The number of nitrogens with two attached hydrogens (primary N) is 1. The van der Waals surface area contributed by atoms with Crippen molar-refractivity contribution in [3.05, 3.63) is 59.4 Å². The average molecular weight is 293 g/mol. The fourth-order valence-electron chi connectivity index (χ4n) is 1.79. The summed E-state index contributed by atoms with van der Waals surface area (Å²) in [4.78, 5) is 3.92. The molecule has 20 heavy (non-hydrogen) atoms. The number of aromatic nitrogens is 1. The zero-order chi connectivity index (χ0) is 14.7. The van der Waals surface area contributed by atoms with Crippen LogP contribution in [0.15, 0.2) is 36.7 Å². The molecule has 0 aliphatic rings. The highest BCUT2D eigenvalue weighted by atomic mass is 32.1. The molecule has 2 rings (SSSR count). The molecule has 0 radical (unpaired) electrons. The van der Waals surface area contributed by atoms with E-state index in [4.69, 9.17) is 18.0 Å². The van der Waals surface area contributed by atoms with E-state index < -0.39 is 11.6 Å². The van der Waals surface area contributed by atoms with E-state index in [-0.39, 0.29) is 22.3 Å². The van der Waals surface area contributed by atoms with Gasteiger partial charge < -0.3 is 11.1 Å². The summed E-state index contributed by atoms with van der Waals surface area (Å²) in [6.07, 6.45) is 3.27. The molecule has 2 aromatic rings. The quantitative estimate of drug-likeness (QED) is 0.850. The largest absolute Gasteiger partial charge is 0.389 e. The van der Waals surface area contributed by atoms with Gasteiger partial charge in [0.25, 0.3) is 0 Å². The van der Waals surface area contributed by atoms with Crippen molar-refractivity contribution in [3.8, 4) is 0 Å². The number of rotatable bonds is 4. The Kier molecular flexibility index (Phi) is 4.24. The number of pyridine rings is 1. The molecule has 0 amide bonds. The predicted molar refractivity (Wildman–Crippen MR) is 78.5 cm³/mol. The summed E-state index contributed by atoms with van der Waals surface area (Å²) in [5.41, 5.74) is 6.14. The van der Waals surface area contributed by atoms with Crippen molar-refractivity contribution in [1.82, 2.24) is 4.98 Å². The molecule has 6 heteroatoms. The van der Waals surface area contributed by atoms with Crippen LogP contribution in [-0.4, -0.2) is 9.97 Å². The van der Waals surface area contributed by atoms with Crippen LogP contribution in [0, 0.1) is 11.6 Å². The fraction of sp³-hybridized carbons (Fsp3) is 0.143. The maximum atomic E-state index is 13.9. The molecule has 0 aliphatic heterocycles. The van der Waals surface area contributed by atoms with Crippen LogP contribution in [-0.2, 0) is 0 Å². The molecule has 1 aromatic heterocycles. The van der Waals surface area contributed by atoms with Crippen LogP contribution in [0.3, 0.4) is 0 Å². The molecule has 0 bridgehead atoms. The monoisotopic (exact) mass is 293 g/mol. The third kappa shape index (κ3) is 3.08. The van der Waals surface area contributed by atoms with E-state index in [2.05, 4.69) is 10.3 Å². The number of halogens is 2. The smallest absolute Gasteiger partial charge is 0.150 e. The van der Waals surface area contributed by atoms with Gasteiger partial charge in [-0.15, -0.1) is 0 Å². The first kappa shape index (κ1) is 14.3.